The van der Waals surface area contributed by atoms with Crippen LogP contribution in [-0.4, -0.2) is 0 Å². The molecule has 0 saturated heterocycles. The second-order valence-electron chi connectivity index (χ2n) is 11.7. The molecule has 8 aromatic carbocycles. The van der Waals surface area contributed by atoms with Crippen LogP contribution in [0.1, 0.15) is 0 Å². The Bertz CT molecular complexity index is 2520. The van der Waals surface area contributed by atoms with Crippen molar-refractivity contribution in [3.8, 4) is 22.3 Å². The maximum atomic E-state index is 6.61. The van der Waals surface area contributed by atoms with Crippen molar-refractivity contribution in [1.29, 1.82) is 0 Å². The highest BCUT2D eigenvalue weighted by Crippen LogP contribution is 2.46. The summed E-state index contributed by atoms with van der Waals surface area (Å²) < 4.78 is 6.61. The summed E-state index contributed by atoms with van der Waals surface area (Å²) in [5.41, 5.74) is 9.90. The lowest BCUT2D eigenvalue weighted by molar-refractivity contribution is 0.672. The number of fused-ring (bicyclic) bond motifs is 6. The van der Waals surface area contributed by atoms with E-state index in [1.165, 1.54) is 38.4 Å². The topological polar surface area (TPSA) is 16.4 Å². The molecule has 1 heterocycles. The average molecular weight is 588 g/mol. The largest absolute Gasteiger partial charge is 0.455 e. The Labute approximate surface area is 267 Å². The Morgan fingerprint density at radius 1 is 0.370 bits per heavy atom. The molecule has 0 aliphatic carbocycles. The Hall–Kier alpha value is -6.12. The van der Waals surface area contributed by atoms with Crippen LogP contribution in [0.2, 0.25) is 0 Å². The molecule has 9 aromatic rings. The van der Waals surface area contributed by atoms with E-state index in [1.807, 2.05) is 0 Å². The van der Waals surface area contributed by atoms with Crippen LogP contribution in [0.4, 0.5) is 17.1 Å². The smallest absolute Gasteiger partial charge is 0.143 e. The molecular formula is C44H29NO. The first-order valence-corrected chi connectivity index (χ1v) is 15.7. The van der Waals surface area contributed by atoms with E-state index in [2.05, 4.69) is 181 Å². The van der Waals surface area contributed by atoms with Gasteiger partial charge in [0, 0.05) is 21.8 Å². The number of nitrogens with zero attached hydrogens (tertiary/aromatic N) is 1. The summed E-state index contributed by atoms with van der Waals surface area (Å²) in [5, 5.41) is 6.92. The molecule has 0 spiro atoms. The molecule has 0 saturated carbocycles. The van der Waals surface area contributed by atoms with Crippen LogP contribution in [0.25, 0.3) is 65.7 Å². The van der Waals surface area contributed by atoms with Gasteiger partial charge in [0.2, 0.25) is 0 Å². The van der Waals surface area contributed by atoms with Crippen molar-refractivity contribution in [2.24, 2.45) is 0 Å². The van der Waals surface area contributed by atoms with Gasteiger partial charge in [-0.1, -0.05) is 133 Å². The van der Waals surface area contributed by atoms with Crippen molar-refractivity contribution < 1.29 is 4.42 Å². The van der Waals surface area contributed by atoms with Crippen LogP contribution >= 0.6 is 0 Å². The molecule has 2 nitrogen and oxygen atoms in total. The summed E-state index contributed by atoms with van der Waals surface area (Å²) in [5.74, 6) is 0. The van der Waals surface area contributed by atoms with Crippen LogP contribution in [0.15, 0.2) is 180 Å². The number of anilines is 3. The van der Waals surface area contributed by atoms with E-state index in [1.54, 1.807) is 0 Å². The molecule has 0 N–H and O–H groups in total. The van der Waals surface area contributed by atoms with E-state index < -0.39 is 0 Å². The van der Waals surface area contributed by atoms with Gasteiger partial charge in [-0.2, -0.15) is 0 Å². The van der Waals surface area contributed by atoms with Gasteiger partial charge >= 0.3 is 0 Å². The van der Waals surface area contributed by atoms with Crippen LogP contribution in [0, 0.1) is 0 Å². The molecule has 0 aliphatic heterocycles. The molecular weight excluding hydrogens is 558 g/mol. The van der Waals surface area contributed by atoms with Crippen molar-refractivity contribution >= 4 is 60.5 Å². The SMILES string of the molecule is c1ccc(-c2cccc(-c3ccc(N(c4cccc5ccccc45)c4cccc5oc6c7ccccc7ccc6c45)cc3)c2)cc1. The highest BCUT2D eigenvalue weighted by molar-refractivity contribution is 6.20. The summed E-state index contributed by atoms with van der Waals surface area (Å²) >= 11 is 0. The molecule has 216 valence electrons. The summed E-state index contributed by atoms with van der Waals surface area (Å²) in [6, 6.07) is 62.7. The van der Waals surface area contributed by atoms with E-state index in [0.29, 0.717) is 0 Å². The molecule has 2 heteroatoms. The molecule has 0 fully saturated rings. The van der Waals surface area contributed by atoms with E-state index >= 15 is 0 Å². The predicted molar refractivity (Wildman–Crippen MR) is 194 cm³/mol. The van der Waals surface area contributed by atoms with Gasteiger partial charge in [-0.05, 0) is 75.5 Å². The lowest BCUT2D eigenvalue weighted by atomic mass is 9.98. The zero-order valence-electron chi connectivity index (χ0n) is 25.1. The Balaban J connectivity index is 1.24. The van der Waals surface area contributed by atoms with Gasteiger partial charge in [0.05, 0.1) is 16.8 Å². The number of hydrogen-bond donors (Lipinski definition) is 0. The molecule has 0 radical (unpaired) electrons. The minimum absolute atomic E-state index is 0.878. The van der Waals surface area contributed by atoms with E-state index in [-0.39, 0.29) is 0 Å². The second-order valence-corrected chi connectivity index (χ2v) is 11.7. The summed E-state index contributed by atoms with van der Waals surface area (Å²) in [4.78, 5) is 2.39. The third-order valence-electron chi connectivity index (χ3n) is 9.04. The highest BCUT2D eigenvalue weighted by atomic mass is 16.3. The molecule has 0 bridgehead atoms. The first-order chi connectivity index (χ1) is 22.8. The maximum absolute atomic E-state index is 6.61. The molecule has 0 aliphatic rings. The van der Waals surface area contributed by atoms with Gasteiger partial charge in [0.25, 0.3) is 0 Å². The predicted octanol–water partition coefficient (Wildman–Crippen LogP) is 12.7. The minimum atomic E-state index is 0.878. The van der Waals surface area contributed by atoms with Crippen LogP contribution in [0.3, 0.4) is 0 Å². The van der Waals surface area contributed by atoms with Gasteiger partial charge in [-0.15, -0.1) is 0 Å². The van der Waals surface area contributed by atoms with E-state index in [4.69, 9.17) is 4.42 Å². The lowest BCUT2D eigenvalue weighted by Crippen LogP contribution is -2.10. The average Bonchev–Trinajstić information content (AvgIpc) is 3.53. The number of benzene rings is 8. The van der Waals surface area contributed by atoms with Crippen LogP contribution < -0.4 is 4.90 Å². The van der Waals surface area contributed by atoms with Crippen molar-refractivity contribution in [2.75, 3.05) is 4.90 Å². The van der Waals surface area contributed by atoms with Crippen LogP contribution in [0.5, 0.6) is 0 Å². The van der Waals surface area contributed by atoms with Crippen LogP contribution in [-0.2, 0) is 0 Å². The molecule has 9 rings (SSSR count). The fraction of sp³-hybridized carbons (Fsp3) is 0. The van der Waals surface area contributed by atoms with Crippen molar-refractivity contribution in [3.63, 3.8) is 0 Å². The van der Waals surface area contributed by atoms with E-state index in [9.17, 15) is 0 Å². The summed E-state index contributed by atoms with van der Waals surface area (Å²) in [7, 11) is 0. The second kappa shape index (κ2) is 10.8. The van der Waals surface area contributed by atoms with Gasteiger partial charge in [0.15, 0.2) is 0 Å². The third kappa shape index (κ3) is 4.35. The van der Waals surface area contributed by atoms with E-state index in [0.717, 1.165) is 44.4 Å². The zero-order valence-corrected chi connectivity index (χ0v) is 25.1. The lowest BCUT2D eigenvalue weighted by Gasteiger charge is -2.27. The van der Waals surface area contributed by atoms with Crippen molar-refractivity contribution in [3.05, 3.63) is 176 Å². The van der Waals surface area contributed by atoms with Gasteiger partial charge in [0.1, 0.15) is 11.2 Å². The Kier molecular flexibility index (Phi) is 6.17. The Morgan fingerprint density at radius 2 is 0.957 bits per heavy atom. The normalized spacial score (nSPS) is 11.5. The van der Waals surface area contributed by atoms with Crippen molar-refractivity contribution in [2.45, 2.75) is 0 Å². The molecule has 0 atom stereocenters. The summed E-state index contributed by atoms with van der Waals surface area (Å²) in [6.07, 6.45) is 0. The minimum Gasteiger partial charge on any atom is -0.455 e. The fourth-order valence-electron chi connectivity index (χ4n) is 6.84. The third-order valence-corrected chi connectivity index (χ3v) is 9.04. The van der Waals surface area contributed by atoms with Crippen molar-refractivity contribution in [1.82, 2.24) is 0 Å². The number of hydrogen-bond acceptors (Lipinski definition) is 2. The molecule has 0 unspecified atom stereocenters. The first-order valence-electron chi connectivity index (χ1n) is 15.7. The number of furan rings is 1. The van der Waals surface area contributed by atoms with Gasteiger partial charge in [-0.3, -0.25) is 0 Å². The quantitative estimate of drug-likeness (QED) is 0.199. The highest BCUT2D eigenvalue weighted by Gasteiger charge is 2.21. The standard InChI is InChI=1S/C44H29NO/c1-2-11-30(12-3-1)34-16-8-17-35(29-34)31-23-26-36(27-24-31)45(40-20-9-15-32-13-4-6-18-37(32)40)41-21-10-22-42-43(41)39-28-25-33-14-5-7-19-38(33)44(39)46-42/h1-29H. The number of rotatable bonds is 5. The zero-order chi connectivity index (χ0) is 30.5. The maximum Gasteiger partial charge on any atom is 0.143 e. The molecule has 1 aromatic heterocycles. The Morgan fingerprint density at radius 3 is 1.76 bits per heavy atom. The van der Waals surface area contributed by atoms with Gasteiger partial charge in [-0.25, -0.2) is 0 Å². The van der Waals surface area contributed by atoms with Gasteiger partial charge < -0.3 is 9.32 Å². The fourth-order valence-corrected chi connectivity index (χ4v) is 6.84. The monoisotopic (exact) mass is 587 g/mol. The first kappa shape index (κ1) is 26.3. The molecule has 0 amide bonds. The summed E-state index contributed by atoms with van der Waals surface area (Å²) in [6.45, 7) is 0. The molecule has 46 heavy (non-hydrogen) atoms.